The van der Waals surface area contributed by atoms with Gasteiger partial charge in [-0.25, -0.2) is 0 Å². The number of hydrogen-bond donors (Lipinski definition) is 2. The van der Waals surface area contributed by atoms with Gasteiger partial charge in [-0.2, -0.15) is 0 Å². The molecule has 0 heterocycles. The van der Waals surface area contributed by atoms with Crippen molar-refractivity contribution in [2.24, 2.45) is 5.92 Å². The molecule has 0 aromatic carbocycles. The summed E-state index contributed by atoms with van der Waals surface area (Å²) in [6.07, 6.45) is -1.82. The number of carbonyl (C=O) groups excluding carboxylic acids is 1. The van der Waals surface area contributed by atoms with E-state index in [2.05, 4.69) is 0 Å². The predicted octanol–water partition coefficient (Wildman–Crippen LogP) is -5.31. The third-order valence-electron chi connectivity index (χ3n) is 0.819. The molecule has 9 heavy (non-hydrogen) atoms. The molecule has 0 radical (unpaired) electrons. The molecule has 4 nitrogen and oxygen atoms in total. The van der Waals surface area contributed by atoms with Crippen LogP contribution in [0.15, 0.2) is 0 Å². The summed E-state index contributed by atoms with van der Waals surface area (Å²) in [7, 11) is 0. The van der Waals surface area contributed by atoms with Gasteiger partial charge in [0.25, 0.3) is 0 Å². The molecule has 2 N–H and O–H groups in total. The van der Waals surface area contributed by atoms with Gasteiger partial charge in [0, 0.05) is 11.9 Å². The first kappa shape index (κ1) is 12.7. The second kappa shape index (κ2) is 5.78. The Hall–Kier alpha value is 1.03. The summed E-state index contributed by atoms with van der Waals surface area (Å²) in [6.45, 7) is 1.15. The molecule has 1 unspecified atom stereocenters. The van der Waals surface area contributed by atoms with Crippen LogP contribution in [0.5, 0.6) is 0 Å². The summed E-state index contributed by atoms with van der Waals surface area (Å²) in [5, 5.41) is 26.0. The van der Waals surface area contributed by atoms with Gasteiger partial charge >= 0.3 is 51.4 Å². The third-order valence-corrected chi connectivity index (χ3v) is 0.819. The van der Waals surface area contributed by atoms with Crippen LogP contribution in [0.25, 0.3) is 0 Å². The average Bonchev–Trinajstić information content (AvgIpc) is 1.64. The number of aliphatic hydroxyl groups is 2. The van der Waals surface area contributed by atoms with E-state index in [-0.39, 0.29) is 51.4 Å². The largest absolute Gasteiger partial charge is 1.00 e. The predicted molar refractivity (Wildman–Crippen MR) is 22.4 cm³/mol. The first-order valence-corrected chi connectivity index (χ1v) is 2.12. The molecule has 0 aromatic rings. The zero-order chi connectivity index (χ0) is 6.73. The van der Waals surface area contributed by atoms with Crippen LogP contribution in [-0.4, -0.2) is 22.5 Å². The topological polar surface area (TPSA) is 80.6 Å². The van der Waals surface area contributed by atoms with E-state index >= 15 is 0 Å². The monoisotopic (exact) mass is 158 g/mol. The standard InChI is InChI=1S/C4H8O4.K/c1-2(3(5)6)4(7)8;/h2-3,5-6H,1H3,(H,7,8);/q;+1/p-1. The van der Waals surface area contributed by atoms with Crippen LogP contribution in [0, 0.1) is 5.92 Å². The first-order valence-electron chi connectivity index (χ1n) is 2.12. The SMILES string of the molecule is CC(C(=O)[O-])C(O)O.[K+]. The Kier molecular flexibility index (Phi) is 8.15. The summed E-state index contributed by atoms with van der Waals surface area (Å²) in [6, 6.07) is 0. The third kappa shape index (κ3) is 5.47. The van der Waals surface area contributed by atoms with E-state index < -0.39 is 18.2 Å². The van der Waals surface area contributed by atoms with E-state index in [0.717, 1.165) is 6.92 Å². The van der Waals surface area contributed by atoms with E-state index in [9.17, 15) is 9.90 Å². The molecule has 0 amide bonds. The number of carboxylic acids is 1. The Bertz CT molecular complexity index is 92.6. The van der Waals surface area contributed by atoms with Crippen LogP contribution in [0.2, 0.25) is 0 Å². The molecule has 0 fully saturated rings. The molecule has 0 aliphatic rings. The zero-order valence-electron chi connectivity index (χ0n) is 5.37. The summed E-state index contributed by atoms with van der Waals surface area (Å²) in [4.78, 5) is 9.71. The van der Waals surface area contributed by atoms with E-state index in [0.29, 0.717) is 0 Å². The summed E-state index contributed by atoms with van der Waals surface area (Å²) >= 11 is 0. The summed E-state index contributed by atoms with van der Waals surface area (Å²) in [5.74, 6) is -2.67. The van der Waals surface area contributed by atoms with Gasteiger partial charge in [0.2, 0.25) is 0 Å². The van der Waals surface area contributed by atoms with Gasteiger partial charge in [0.1, 0.15) is 0 Å². The molecule has 0 rings (SSSR count). The molecule has 48 valence electrons. The van der Waals surface area contributed by atoms with Gasteiger partial charge in [-0.15, -0.1) is 0 Å². The van der Waals surface area contributed by atoms with Crippen LogP contribution in [0.4, 0.5) is 0 Å². The molecule has 5 heteroatoms. The van der Waals surface area contributed by atoms with Gasteiger partial charge in [-0.05, 0) is 0 Å². The molecule has 0 saturated heterocycles. The Morgan fingerprint density at radius 3 is 1.89 bits per heavy atom. The fourth-order valence-corrected chi connectivity index (χ4v) is 0.122. The van der Waals surface area contributed by atoms with Crippen molar-refractivity contribution in [2.45, 2.75) is 13.2 Å². The molecule has 0 aliphatic carbocycles. The summed E-state index contributed by atoms with van der Waals surface area (Å²) < 4.78 is 0. The Labute approximate surface area is 95.3 Å². The smallest absolute Gasteiger partial charge is 0.550 e. The number of rotatable bonds is 2. The minimum atomic E-state index is -1.82. The fraction of sp³-hybridized carbons (Fsp3) is 0.750. The second-order valence-electron chi connectivity index (χ2n) is 1.52. The number of carboxylic acid groups (broad SMARTS) is 1. The van der Waals surface area contributed by atoms with Crippen molar-refractivity contribution >= 4 is 5.97 Å². The van der Waals surface area contributed by atoms with Crippen LogP contribution in [-0.2, 0) is 4.79 Å². The number of hydrogen-bond acceptors (Lipinski definition) is 4. The van der Waals surface area contributed by atoms with Crippen molar-refractivity contribution in [1.82, 2.24) is 0 Å². The van der Waals surface area contributed by atoms with Gasteiger partial charge in [0.15, 0.2) is 6.29 Å². The van der Waals surface area contributed by atoms with Crippen molar-refractivity contribution < 1.29 is 71.5 Å². The molecule has 0 aromatic heterocycles. The molecule has 0 saturated carbocycles. The van der Waals surface area contributed by atoms with Gasteiger partial charge < -0.3 is 20.1 Å². The van der Waals surface area contributed by atoms with Crippen LogP contribution in [0.1, 0.15) is 6.92 Å². The van der Waals surface area contributed by atoms with Crippen molar-refractivity contribution in [3.63, 3.8) is 0 Å². The van der Waals surface area contributed by atoms with Crippen LogP contribution in [0.3, 0.4) is 0 Å². The van der Waals surface area contributed by atoms with Crippen molar-refractivity contribution in [2.75, 3.05) is 0 Å². The zero-order valence-corrected chi connectivity index (χ0v) is 8.49. The number of carbonyl (C=O) groups is 1. The first-order chi connectivity index (χ1) is 3.55. The quantitative estimate of drug-likeness (QED) is 0.311. The van der Waals surface area contributed by atoms with Crippen molar-refractivity contribution in [3.8, 4) is 0 Å². The van der Waals surface area contributed by atoms with Crippen molar-refractivity contribution in [1.29, 1.82) is 0 Å². The maximum Gasteiger partial charge on any atom is 1.00 e. The second-order valence-corrected chi connectivity index (χ2v) is 1.52. The fourth-order valence-electron chi connectivity index (χ4n) is 0.122. The molecule has 1 atom stereocenters. The Morgan fingerprint density at radius 2 is 1.89 bits per heavy atom. The van der Waals surface area contributed by atoms with E-state index in [4.69, 9.17) is 10.2 Å². The van der Waals surface area contributed by atoms with Gasteiger partial charge in [-0.1, -0.05) is 6.92 Å². The normalized spacial score (nSPS) is 12.4. The van der Waals surface area contributed by atoms with E-state index in [1.807, 2.05) is 0 Å². The van der Waals surface area contributed by atoms with Crippen LogP contribution >= 0.6 is 0 Å². The molecule has 0 bridgehead atoms. The molecular weight excluding hydrogens is 151 g/mol. The Morgan fingerprint density at radius 1 is 1.56 bits per heavy atom. The summed E-state index contributed by atoms with van der Waals surface area (Å²) in [5.41, 5.74) is 0. The van der Waals surface area contributed by atoms with Crippen LogP contribution < -0.4 is 56.5 Å². The van der Waals surface area contributed by atoms with E-state index in [1.165, 1.54) is 0 Å². The number of aliphatic hydroxyl groups excluding tert-OH is 1. The maximum atomic E-state index is 9.71. The minimum absolute atomic E-state index is 0. The van der Waals surface area contributed by atoms with Gasteiger partial charge in [0.05, 0.1) is 0 Å². The Balaban J connectivity index is 0. The minimum Gasteiger partial charge on any atom is -0.550 e. The molecule has 0 spiro atoms. The van der Waals surface area contributed by atoms with Crippen molar-refractivity contribution in [3.05, 3.63) is 0 Å². The molecular formula is C4H7KO4. The average molecular weight is 158 g/mol. The van der Waals surface area contributed by atoms with E-state index in [1.54, 1.807) is 0 Å². The molecule has 0 aliphatic heterocycles. The number of aliphatic carboxylic acids is 1. The maximum absolute atomic E-state index is 9.71. The van der Waals surface area contributed by atoms with Gasteiger partial charge in [-0.3, -0.25) is 0 Å².